The summed E-state index contributed by atoms with van der Waals surface area (Å²) in [4.78, 5) is 11.6. The summed E-state index contributed by atoms with van der Waals surface area (Å²) in [5, 5.41) is 15.6. The maximum Gasteiger partial charge on any atom is 0.336 e. The number of methoxy groups -OCH3 is 1. The molecule has 1 heterocycles. The van der Waals surface area contributed by atoms with Crippen molar-refractivity contribution >= 4 is 22.4 Å². The molecular weight excluding hydrogens is 332 g/mol. The van der Waals surface area contributed by atoms with E-state index in [0.29, 0.717) is 22.4 Å². The molecule has 2 N–H and O–H groups in total. The lowest BCUT2D eigenvalue weighted by Crippen LogP contribution is -2.04. The SMILES string of the molecule is COc1ccc(NN=C(C)c2cc3c(C)cc(=O)oc3c(C)c2O)cc1. The first-order chi connectivity index (χ1) is 12.4. The summed E-state index contributed by atoms with van der Waals surface area (Å²) in [5.74, 6) is 0.806. The van der Waals surface area contributed by atoms with E-state index < -0.39 is 5.63 Å². The third-order valence-corrected chi connectivity index (χ3v) is 4.28. The molecule has 0 saturated carbocycles. The molecule has 6 nitrogen and oxygen atoms in total. The minimum absolute atomic E-state index is 0.0454. The Kier molecular flexibility index (Phi) is 4.67. The van der Waals surface area contributed by atoms with E-state index in [4.69, 9.17) is 9.15 Å². The molecule has 3 rings (SSSR count). The smallest absolute Gasteiger partial charge is 0.336 e. The predicted molar refractivity (Wildman–Crippen MR) is 102 cm³/mol. The molecule has 0 fully saturated rings. The first-order valence-corrected chi connectivity index (χ1v) is 8.12. The molecule has 0 atom stereocenters. The number of hydrazone groups is 1. The first-order valence-electron chi connectivity index (χ1n) is 8.12. The summed E-state index contributed by atoms with van der Waals surface area (Å²) < 4.78 is 10.4. The summed E-state index contributed by atoms with van der Waals surface area (Å²) in [6, 6.07) is 10.6. The van der Waals surface area contributed by atoms with Gasteiger partial charge in [-0.25, -0.2) is 4.79 Å². The molecule has 0 aliphatic heterocycles. The van der Waals surface area contributed by atoms with Crippen LogP contribution in [0.1, 0.15) is 23.6 Å². The van der Waals surface area contributed by atoms with Crippen LogP contribution in [-0.4, -0.2) is 17.9 Å². The van der Waals surface area contributed by atoms with Crippen LogP contribution in [0.15, 0.2) is 50.7 Å². The van der Waals surface area contributed by atoms with Gasteiger partial charge in [0.2, 0.25) is 0 Å². The van der Waals surface area contributed by atoms with E-state index in [1.165, 1.54) is 6.07 Å². The number of rotatable bonds is 4. The molecule has 134 valence electrons. The lowest BCUT2D eigenvalue weighted by Gasteiger charge is -2.11. The van der Waals surface area contributed by atoms with E-state index in [1.54, 1.807) is 27.0 Å². The second-order valence-electron chi connectivity index (χ2n) is 6.06. The fourth-order valence-electron chi connectivity index (χ4n) is 2.75. The molecule has 0 unspecified atom stereocenters. The van der Waals surface area contributed by atoms with Gasteiger partial charge in [-0.2, -0.15) is 5.10 Å². The second kappa shape index (κ2) is 6.92. The van der Waals surface area contributed by atoms with Crippen LogP contribution in [0.2, 0.25) is 0 Å². The van der Waals surface area contributed by atoms with Gasteiger partial charge >= 0.3 is 5.63 Å². The Morgan fingerprint density at radius 1 is 1.19 bits per heavy atom. The molecule has 1 aromatic heterocycles. The predicted octanol–water partition coefficient (Wildman–Crippen LogP) is 3.96. The highest BCUT2D eigenvalue weighted by molar-refractivity contribution is 6.05. The molecule has 6 heteroatoms. The van der Waals surface area contributed by atoms with Gasteiger partial charge in [0.05, 0.1) is 18.5 Å². The number of phenolic OH excluding ortho intramolecular Hbond substituents is 1. The minimum atomic E-state index is -0.434. The zero-order chi connectivity index (χ0) is 18.8. The standard InChI is InChI=1S/C20H20N2O4/c1-11-9-18(23)26-20-12(2)19(24)17(10-16(11)20)13(3)21-22-14-5-7-15(25-4)8-6-14/h5-10,22,24H,1-4H3. The average Bonchev–Trinajstić information content (AvgIpc) is 2.63. The molecule has 0 saturated heterocycles. The Hall–Kier alpha value is -3.28. The van der Waals surface area contributed by atoms with E-state index in [2.05, 4.69) is 10.5 Å². The molecule has 0 amide bonds. The van der Waals surface area contributed by atoms with Crippen LogP contribution in [-0.2, 0) is 0 Å². The number of phenols is 1. The maximum absolute atomic E-state index is 11.6. The van der Waals surface area contributed by atoms with Gasteiger partial charge < -0.3 is 14.3 Å². The van der Waals surface area contributed by atoms with Crippen molar-refractivity contribution in [1.29, 1.82) is 0 Å². The van der Waals surface area contributed by atoms with Crippen LogP contribution in [0, 0.1) is 13.8 Å². The van der Waals surface area contributed by atoms with Gasteiger partial charge in [0.15, 0.2) is 0 Å². The van der Waals surface area contributed by atoms with E-state index >= 15 is 0 Å². The highest BCUT2D eigenvalue weighted by Crippen LogP contribution is 2.32. The monoisotopic (exact) mass is 352 g/mol. The number of aryl methyl sites for hydroxylation is 2. The number of nitrogens with one attached hydrogen (secondary N) is 1. The number of nitrogens with zero attached hydrogens (tertiary/aromatic N) is 1. The van der Waals surface area contributed by atoms with E-state index in [9.17, 15) is 9.90 Å². The van der Waals surface area contributed by atoms with Gasteiger partial charge in [-0.1, -0.05) is 0 Å². The molecule has 2 aromatic carbocycles. The molecule has 0 aliphatic rings. The Bertz CT molecular complexity index is 1050. The number of hydrogen-bond acceptors (Lipinski definition) is 6. The third-order valence-electron chi connectivity index (χ3n) is 4.28. The van der Waals surface area contributed by atoms with Gasteiger partial charge in [-0.3, -0.25) is 5.43 Å². The van der Waals surface area contributed by atoms with Crippen LogP contribution in [0.25, 0.3) is 11.0 Å². The highest BCUT2D eigenvalue weighted by atomic mass is 16.5. The van der Waals surface area contributed by atoms with Crippen LogP contribution in [0.3, 0.4) is 0 Å². The number of hydrogen-bond donors (Lipinski definition) is 2. The van der Waals surface area contributed by atoms with Crippen molar-refractivity contribution < 1.29 is 14.3 Å². The van der Waals surface area contributed by atoms with Gasteiger partial charge in [-0.05, 0) is 56.7 Å². The minimum Gasteiger partial charge on any atom is -0.507 e. The number of benzene rings is 2. The third kappa shape index (κ3) is 3.26. The van der Waals surface area contributed by atoms with E-state index in [0.717, 1.165) is 22.4 Å². The molecular formula is C20H20N2O4. The first kappa shape index (κ1) is 17.5. The van der Waals surface area contributed by atoms with Gasteiger partial charge in [0.25, 0.3) is 0 Å². The topological polar surface area (TPSA) is 84.1 Å². The zero-order valence-electron chi connectivity index (χ0n) is 15.1. The molecule has 0 bridgehead atoms. The van der Waals surface area contributed by atoms with Gasteiger partial charge in [0.1, 0.15) is 17.1 Å². The second-order valence-corrected chi connectivity index (χ2v) is 6.06. The summed E-state index contributed by atoms with van der Waals surface area (Å²) >= 11 is 0. The van der Waals surface area contributed by atoms with Crippen molar-refractivity contribution in [2.75, 3.05) is 12.5 Å². The average molecular weight is 352 g/mol. The lowest BCUT2D eigenvalue weighted by molar-refractivity contribution is 0.415. The molecule has 26 heavy (non-hydrogen) atoms. The van der Waals surface area contributed by atoms with Gasteiger partial charge in [0, 0.05) is 22.6 Å². The summed E-state index contributed by atoms with van der Waals surface area (Å²) in [6.07, 6.45) is 0. The van der Waals surface area contributed by atoms with E-state index in [1.807, 2.05) is 31.2 Å². The molecule has 0 radical (unpaired) electrons. The van der Waals surface area contributed by atoms with Crippen molar-refractivity contribution in [3.63, 3.8) is 0 Å². The Labute approximate surface area is 150 Å². The van der Waals surface area contributed by atoms with Crippen molar-refractivity contribution in [2.24, 2.45) is 5.10 Å². The van der Waals surface area contributed by atoms with E-state index in [-0.39, 0.29) is 5.75 Å². The lowest BCUT2D eigenvalue weighted by atomic mass is 10.00. The molecule has 0 spiro atoms. The van der Waals surface area contributed by atoms with Crippen LogP contribution in [0.4, 0.5) is 5.69 Å². The highest BCUT2D eigenvalue weighted by Gasteiger charge is 2.15. The normalized spacial score (nSPS) is 11.6. The maximum atomic E-state index is 11.6. The number of anilines is 1. The summed E-state index contributed by atoms with van der Waals surface area (Å²) in [5.41, 5.74) is 6.20. The summed E-state index contributed by atoms with van der Waals surface area (Å²) in [6.45, 7) is 5.35. The van der Waals surface area contributed by atoms with Crippen LogP contribution < -0.4 is 15.8 Å². The Morgan fingerprint density at radius 2 is 1.88 bits per heavy atom. The van der Waals surface area contributed by atoms with Crippen molar-refractivity contribution in [3.8, 4) is 11.5 Å². The number of fused-ring (bicyclic) bond motifs is 1. The molecule has 3 aromatic rings. The van der Waals surface area contributed by atoms with Crippen LogP contribution >= 0.6 is 0 Å². The largest absolute Gasteiger partial charge is 0.507 e. The van der Waals surface area contributed by atoms with Crippen molar-refractivity contribution in [3.05, 3.63) is 63.5 Å². The van der Waals surface area contributed by atoms with Crippen molar-refractivity contribution in [1.82, 2.24) is 0 Å². The van der Waals surface area contributed by atoms with Gasteiger partial charge in [-0.15, -0.1) is 0 Å². The fourth-order valence-corrected chi connectivity index (χ4v) is 2.75. The fraction of sp³-hybridized carbons (Fsp3) is 0.200. The van der Waals surface area contributed by atoms with Crippen molar-refractivity contribution in [2.45, 2.75) is 20.8 Å². The Morgan fingerprint density at radius 3 is 2.54 bits per heavy atom. The summed E-state index contributed by atoms with van der Waals surface area (Å²) in [7, 11) is 1.61. The Balaban J connectivity index is 2.00. The number of ether oxygens (including phenoxy) is 1. The molecule has 0 aliphatic carbocycles. The van der Waals surface area contributed by atoms with Crippen LogP contribution in [0.5, 0.6) is 11.5 Å². The zero-order valence-corrected chi connectivity index (χ0v) is 15.1. The number of aromatic hydroxyl groups is 1. The quantitative estimate of drug-likeness (QED) is 0.422.